The molecule has 0 radical (unpaired) electrons. The molecule has 0 aliphatic rings. The van der Waals surface area contributed by atoms with E-state index < -0.39 is 85.2 Å². The van der Waals surface area contributed by atoms with Crippen LogP contribution in [0.3, 0.4) is 0 Å². The van der Waals surface area contributed by atoms with Gasteiger partial charge in [0.25, 0.3) is 0 Å². The molecule has 0 fully saturated rings. The van der Waals surface area contributed by atoms with Gasteiger partial charge in [0.1, 0.15) is 0 Å². The van der Waals surface area contributed by atoms with Gasteiger partial charge in [-0.1, -0.05) is 0 Å². The Hall–Kier alpha value is -1.95. The van der Waals surface area contributed by atoms with Gasteiger partial charge in [-0.25, -0.2) is 0 Å². The first-order valence-electron chi connectivity index (χ1n) is 8.85. The second-order valence-corrected chi connectivity index (χ2v) is 17.6. The molecular formula is C18H12F3InO9S3. The summed E-state index contributed by atoms with van der Waals surface area (Å²) in [5, 5.41) is 0. The third kappa shape index (κ3) is 6.80. The van der Waals surface area contributed by atoms with Gasteiger partial charge in [-0.15, -0.1) is 0 Å². The van der Waals surface area contributed by atoms with Gasteiger partial charge in [0.05, 0.1) is 0 Å². The van der Waals surface area contributed by atoms with Crippen LogP contribution >= 0.6 is 0 Å². The van der Waals surface area contributed by atoms with Crippen molar-refractivity contribution in [2.75, 3.05) is 0 Å². The maximum atomic E-state index is 13.1. The van der Waals surface area contributed by atoms with Crippen molar-refractivity contribution in [1.29, 1.82) is 0 Å². The van der Waals surface area contributed by atoms with E-state index in [1.807, 2.05) is 0 Å². The molecule has 0 unspecified atom stereocenters. The van der Waals surface area contributed by atoms with E-state index in [1.165, 1.54) is 0 Å². The fraction of sp³-hybridized carbons (Fsp3) is 0. The molecule has 0 aromatic heterocycles. The monoisotopic (exact) mass is 640 g/mol. The van der Waals surface area contributed by atoms with Gasteiger partial charge in [-0.3, -0.25) is 0 Å². The molecule has 0 atom stereocenters. The van der Waals surface area contributed by atoms with Crippen LogP contribution in [0.4, 0.5) is 13.2 Å². The standard InChI is InChI=1S/3C6H5FO3S.In/c3*7-5-1-3-6(4-2-5)11(8,9)10;/h3*1-4H,(H,8,9,10);/q;;;+3/p-3. The Labute approximate surface area is 202 Å². The summed E-state index contributed by atoms with van der Waals surface area (Å²) in [7, 11) is -14.6. The number of hydrogen-bond acceptors (Lipinski definition) is 9. The van der Waals surface area contributed by atoms with Crippen LogP contribution < -0.4 is 0 Å². The van der Waals surface area contributed by atoms with Crippen LogP contribution in [0.2, 0.25) is 0 Å². The van der Waals surface area contributed by atoms with Crippen molar-refractivity contribution in [3.05, 3.63) is 90.2 Å². The van der Waals surface area contributed by atoms with Gasteiger partial charge in [-0.05, 0) is 0 Å². The van der Waals surface area contributed by atoms with Crippen LogP contribution in [0.25, 0.3) is 0 Å². The van der Waals surface area contributed by atoms with E-state index in [9.17, 15) is 38.4 Å². The van der Waals surface area contributed by atoms with Gasteiger partial charge in [0.2, 0.25) is 0 Å². The Kier molecular flexibility index (Phi) is 8.11. The topological polar surface area (TPSA) is 130 Å². The van der Waals surface area contributed by atoms with Crippen LogP contribution in [-0.2, 0) is 37.3 Å². The number of halogens is 3. The van der Waals surface area contributed by atoms with E-state index in [4.69, 9.17) is 6.90 Å². The normalized spacial score (nSPS) is 12.4. The van der Waals surface area contributed by atoms with Crippen molar-refractivity contribution < 1.29 is 45.3 Å². The van der Waals surface area contributed by atoms with Crippen molar-refractivity contribution in [1.82, 2.24) is 0 Å². The molecule has 34 heavy (non-hydrogen) atoms. The van der Waals surface area contributed by atoms with E-state index in [0.717, 1.165) is 72.8 Å². The molecule has 0 aliphatic heterocycles. The summed E-state index contributed by atoms with van der Waals surface area (Å²) in [5.41, 5.74) is 0. The molecule has 0 bridgehead atoms. The van der Waals surface area contributed by atoms with E-state index in [0.29, 0.717) is 0 Å². The number of hydrogen-bond donors (Lipinski definition) is 0. The first kappa shape index (κ1) is 26.7. The van der Waals surface area contributed by atoms with Gasteiger partial charge >= 0.3 is 203 Å². The zero-order chi connectivity index (χ0) is 25.1. The maximum absolute atomic E-state index is 13.1. The second-order valence-electron chi connectivity index (χ2n) is 6.30. The van der Waals surface area contributed by atoms with Crippen LogP contribution in [0.1, 0.15) is 0 Å². The molecule has 9 nitrogen and oxygen atoms in total. The summed E-state index contributed by atoms with van der Waals surface area (Å²) >= 11 is -5.60. The van der Waals surface area contributed by atoms with Crippen LogP contribution in [-0.4, -0.2) is 48.0 Å². The van der Waals surface area contributed by atoms with E-state index in [2.05, 4.69) is 0 Å². The molecule has 0 saturated carbocycles. The van der Waals surface area contributed by atoms with E-state index in [-0.39, 0.29) is 0 Å². The predicted molar refractivity (Wildman–Crippen MR) is 110 cm³/mol. The predicted octanol–water partition coefficient (Wildman–Crippen LogP) is 2.61. The zero-order valence-electron chi connectivity index (χ0n) is 16.5. The fourth-order valence-electron chi connectivity index (χ4n) is 2.33. The summed E-state index contributed by atoms with van der Waals surface area (Å²) < 4.78 is 129. The summed E-state index contributed by atoms with van der Waals surface area (Å²) in [6.45, 7) is 0. The minimum atomic E-state index is -5.60. The van der Waals surface area contributed by atoms with Crippen molar-refractivity contribution in [3.63, 3.8) is 0 Å². The van der Waals surface area contributed by atoms with Gasteiger partial charge in [0, 0.05) is 0 Å². The fourth-order valence-corrected chi connectivity index (χ4v) is 15.7. The Morgan fingerprint density at radius 1 is 0.441 bits per heavy atom. The first-order valence-corrected chi connectivity index (χ1v) is 17.1. The van der Waals surface area contributed by atoms with Crippen molar-refractivity contribution >= 4 is 53.1 Å². The Balaban J connectivity index is 1.97. The van der Waals surface area contributed by atoms with Crippen molar-refractivity contribution in [3.8, 4) is 0 Å². The molecule has 0 saturated heterocycles. The summed E-state index contributed by atoms with van der Waals surface area (Å²) in [6.07, 6.45) is 0. The first-order chi connectivity index (χ1) is 15.8. The Bertz CT molecular complexity index is 1290. The van der Waals surface area contributed by atoms with E-state index in [1.54, 1.807) is 0 Å². The summed E-state index contributed by atoms with van der Waals surface area (Å²) in [5.74, 6) is -2.36. The summed E-state index contributed by atoms with van der Waals surface area (Å²) in [4.78, 5) is -1.91. The van der Waals surface area contributed by atoms with Gasteiger partial charge in [-0.2, -0.15) is 0 Å². The van der Waals surface area contributed by atoms with Crippen molar-refractivity contribution in [2.45, 2.75) is 14.7 Å². The number of benzene rings is 3. The molecule has 16 heteroatoms. The summed E-state index contributed by atoms with van der Waals surface area (Å²) in [6, 6.07) is 9.35. The Morgan fingerprint density at radius 2 is 0.647 bits per heavy atom. The molecule has 3 aromatic carbocycles. The van der Waals surface area contributed by atoms with Crippen LogP contribution in [0.5, 0.6) is 0 Å². The molecule has 0 amide bonds. The van der Waals surface area contributed by atoms with Gasteiger partial charge < -0.3 is 0 Å². The molecule has 3 aromatic rings. The van der Waals surface area contributed by atoms with Crippen LogP contribution in [0.15, 0.2) is 87.5 Å². The van der Waals surface area contributed by atoms with Gasteiger partial charge in [0.15, 0.2) is 0 Å². The average molecular weight is 640 g/mol. The Morgan fingerprint density at radius 3 is 0.853 bits per heavy atom. The van der Waals surface area contributed by atoms with Crippen LogP contribution in [0, 0.1) is 17.5 Å². The molecular weight excluding hydrogens is 628 g/mol. The quantitative estimate of drug-likeness (QED) is 0.347. The number of rotatable bonds is 9. The molecule has 0 heterocycles. The zero-order valence-corrected chi connectivity index (χ0v) is 22.3. The second kappa shape index (κ2) is 10.3. The molecule has 0 N–H and O–H groups in total. The third-order valence-electron chi connectivity index (χ3n) is 3.92. The molecule has 0 spiro atoms. The molecule has 3 rings (SSSR count). The third-order valence-corrected chi connectivity index (χ3v) is 18.2. The van der Waals surface area contributed by atoms with Crippen molar-refractivity contribution in [2.24, 2.45) is 0 Å². The SMILES string of the molecule is O=S(=O)([O][In]([O]S(=O)(=O)c1ccc(F)cc1)[O]S(=O)(=O)c1ccc(F)cc1)c1ccc(F)cc1. The minimum absolute atomic E-state index is 0.638. The molecule has 180 valence electrons. The van der Waals surface area contributed by atoms with E-state index >= 15 is 0 Å². The molecule has 0 aliphatic carbocycles. The average Bonchev–Trinajstić information content (AvgIpc) is 2.73.